The fraction of sp³-hybridized carbons (Fsp3) is 1.00. The molecule has 1 atom stereocenters. The van der Waals surface area contributed by atoms with Crippen molar-refractivity contribution >= 4 is 0 Å². The Kier molecular flexibility index (Phi) is 2.72. The highest BCUT2D eigenvalue weighted by atomic mass is 19.4. The quantitative estimate of drug-likeness (QED) is 0.567. The van der Waals surface area contributed by atoms with Crippen LogP contribution in [0.25, 0.3) is 0 Å². The van der Waals surface area contributed by atoms with Crippen molar-refractivity contribution in [3.63, 3.8) is 0 Å². The summed E-state index contributed by atoms with van der Waals surface area (Å²) in [4.78, 5) is 0. The van der Waals surface area contributed by atoms with Crippen molar-refractivity contribution in [2.75, 3.05) is 13.1 Å². The average molecular weight is 168 g/mol. The van der Waals surface area contributed by atoms with E-state index in [0.717, 1.165) is 13.0 Å². The van der Waals surface area contributed by atoms with Gasteiger partial charge in [0.05, 0.1) is 0 Å². The van der Waals surface area contributed by atoms with Gasteiger partial charge in [0, 0.05) is 12.6 Å². The first-order valence-electron chi connectivity index (χ1n) is 3.63. The zero-order chi connectivity index (χ0) is 8.32. The van der Waals surface area contributed by atoms with Crippen LogP contribution in [0.2, 0.25) is 0 Å². The van der Waals surface area contributed by atoms with E-state index < -0.39 is 12.3 Å². The standard InChI is InChI=1S/C6H11F3N2/c7-6(8,9)11-5-2-1-3-10-4-5/h5,10-11H,1-4H2/t5-/m0/s1. The topological polar surface area (TPSA) is 24.1 Å². The first-order chi connectivity index (χ1) is 5.08. The van der Waals surface area contributed by atoms with E-state index in [1.807, 2.05) is 0 Å². The van der Waals surface area contributed by atoms with Gasteiger partial charge in [-0.1, -0.05) is 0 Å². The molecule has 1 aliphatic heterocycles. The first-order valence-corrected chi connectivity index (χ1v) is 3.63. The number of alkyl halides is 3. The zero-order valence-electron chi connectivity index (χ0n) is 6.04. The second-order valence-corrected chi connectivity index (χ2v) is 2.69. The van der Waals surface area contributed by atoms with Crippen molar-refractivity contribution in [2.45, 2.75) is 25.2 Å². The van der Waals surface area contributed by atoms with Gasteiger partial charge >= 0.3 is 6.30 Å². The Balaban J connectivity index is 2.24. The van der Waals surface area contributed by atoms with Gasteiger partial charge in [0.15, 0.2) is 0 Å². The summed E-state index contributed by atoms with van der Waals surface area (Å²) in [5.74, 6) is 0. The van der Waals surface area contributed by atoms with Gasteiger partial charge in [-0.05, 0) is 19.4 Å². The van der Waals surface area contributed by atoms with Crippen molar-refractivity contribution in [3.8, 4) is 0 Å². The van der Waals surface area contributed by atoms with Crippen LogP contribution in [0.5, 0.6) is 0 Å². The normalized spacial score (nSPS) is 27.0. The summed E-state index contributed by atoms with van der Waals surface area (Å²) in [6.45, 7) is 1.25. The molecule has 0 aromatic rings. The number of nitrogens with one attached hydrogen (secondary N) is 2. The van der Waals surface area contributed by atoms with Crippen LogP contribution in [0.15, 0.2) is 0 Å². The van der Waals surface area contributed by atoms with E-state index in [2.05, 4.69) is 5.32 Å². The van der Waals surface area contributed by atoms with Gasteiger partial charge in [0.2, 0.25) is 0 Å². The Morgan fingerprint density at radius 2 is 2.09 bits per heavy atom. The van der Waals surface area contributed by atoms with Gasteiger partial charge in [-0.2, -0.15) is 13.2 Å². The molecule has 0 aromatic heterocycles. The zero-order valence-corrected chi connectivity index (χ0v) is 6.04. The minimum Gasteiger partial charge on any atom is -0.315 e. The molecule has 1 saturated heterocycles. The summed E-state index contributed by atoms with van der Waals surface area (Å²) in [7, 11) is 0. The summed E-state index contributed by atoms with van der Waals surface area (Å²) in [6.07, 6.45) is -2.82. The van der Waals surface area contributed by atoms with E-state index in [9.17, 15) is 13.2 Å². The molecule has 11 heavy (non-hydrogen) atoms. The molecule has 2 N–H and O–H groups in total. The fourth-order valence-corrected chi connectivity index (χ4v) is 1.21. The highest BCUT2D eigenvalue weighted by molar-refractivity contribution is 4.75. The molecule has 5 heteroatoms. The molecule has 0 unspecified atom stereocenters. The molecule has 0 bridgehead atoms. The van der Waals surface area contributed by atoms with Crippen molar-refractivity contribution in [2.24, 2.45) is 0 Å². The third-order valence-electron chi connectivity index (χ3n) is 1.66. The molecule has 1 aliphatic rings. The van der Waals surface area contributed by atoms with Crippen LogP contribution in [-0.4, -0.2) is 25.4 Å². The lowest BCUT2D eigenvalue weighted by Crippen LogP contribution is -2.48. The van der Waals surface area contributed by atoms with E-state index in [-0.39, 0.29) is 0 Å². The Labute approximate surface area is 63.2 Å². The Bertz CT molecular complexity index is 117. The molecular formula is C6H11F3N2. The predicted molar refractivity (Wildman–Crippen MR) is 35.1 cm³/mol. The van der Waals surface area contributed by atoms with Crippen molar-refractivity contribution in [1.29, 1.82) is 0 Å². The highest BCUT2D eigenvalue weighted by Crippen LogP contribution is 2.13. The summed E-state index contributed by atoms with van der Waals surface area (Å²) in [5, 5.41) is 4.49. The Morgan fingerprint density at radius 1 is 1.36 bits per heavy atom. The van der Waals surface area contributed by atoms with Gasteiger partial charge in [0.25, 0.3) is 0 Å². The maximum Gasteiger partial charge on any atom is 0.457 e. The van der Waals surface area contributed by atoms with Gasteiger partial charge in [-0.25, -0.2) is 5.32 Å². The molecule has 2 nitrogen and oxygen atoms in total. The molecule has 0 radical (unpaired) electrons. The minimum atomic E-state index is -4.23. The molecule has 0 aromatic carbocycles. The minimum absolute atomic E-state index is 0.416. The van der Waals surface area contributed by atoms with Crippen molar-refractivity contribution < 1.29 is 13.2 Å². The Morgan fingerprint density at radius 3 is 2.55 bits per heavy atom. The third-order valence-corrected chi connectivity index (χ3v) is 1.66. The lowest BCUT2D eigenvalue weighted by atomic mass is 10.1. The third kappa shape index (κ3) is 3.57. The Hall–Kier alpha value is -0.290. The van der Waals surface area contributed by atoms with E-state index in [1.54, 1.807) is 5.32 Å². The van der Waals surface area contributed by atoms with Crippen molar-refractivity contribution in [3.05, 3.63) is 0 Å². The second-order valence-electron chi connectivity index (χ2n) is 2.69. The maximum atomic E-state index is 11.7. The summed E-state index contributed by atoms with van der Waals surface area (Å²) in [6, 6.07) is -0.441. The molecule has 66 valence electrons. The van der Waals surface area contributed by atoms with Crippen LogP contribution in [0.1, 0.15) is 12.8 Å². The number of hydrogen-bond acceptors (Lipinski definition) is 2. The van der Waals surface area contributed by atoms with Crippen molar-refractivity contribution in [1.82, 2.24) is 10.6 Å². The van der Waals surface area contributed by atoms with E-state index >= 15 is 0 Å². The largest absolute Gasteiger partial charge is 0.457 e. The number of rotatable bonds is 1. The van der Waals surface area contributed by atoms with Crippen LogP contribution in [0, 0.1) is 0 Å². The molecular weight excluding hydrogens is 157 g/mol. The number of hydrogen-bond donors (Lipinski definition) is 2. The SMILES string of the molecule is FC(F)(F)N[C@H]1CCCNC1. The summed E-state index contributed by atoms with van der Waals surface area (Å²) in [5.41, 5.74) is 0. The van der Waals surface area contributed by atoms with E-state index in [1.165, 1.54) is 0 Å². The van der Waals surface area contributed by atoms with E-state index in [0.29, 0.717) is 13.0 Å². The van der Waals surface area contributed by atoms with Crippen LogP contribution in [-0.2, 0) is 0 Å². The molecule has 0 spiro atoms. The predicted octanol–water partition coefficient (Wildman–Crippen LogP) is 0.848. The number of piperidine rings is 1. The number of halogens is 3. The molecule has 0 amide bonds. The molecule has 1 fully saturated rings. The van der Waals surface area contributed by atoms with E-state index in [4.69, 9.17) is 0 Å². The fourth-order valence-electron chi connectivity index (χ4n) is 1.21. The summed E-state index contributed by atoms with van der Waals surface area (Å²) < 4.78 is 35.1. The lowest BCUT2D eigenvalue weighted by Gasteiger charge is -2.24. The van der Waals surface area contributed by atoms with Gasteiger partial charge in [-0.15, -0.1) is 0 Å². The molecule has 0 aliphatic carbocycles. The smallest absolute Gasteiger partial charge is 0.315 e. The van der Waals surface area contributed by atoms with Crippen LogP contribution >= 0.6 is 0 Å². The maximum absolute atomic E-state index is 11.7. The lowest BCUT2D eigenvalue weighted by molar-refractivity contribution is -0.165. The highest BCUT2D eigenvalue weighted by Gasteiger charge is 2.31. The average Bonchev–Trinajstić information content (AvgIpc) is 1.85. The van der Waals surface area contributed by atoms with Gasteiger partial charge in [-0.3, -0.25) is 0 Å². The van der Waals surface area contributed by atoms with Crippen LogP contribution in [0.3, 0.4) is 0 Å². The monoisotopic (exact) mass is 168 g/mol. The van der Waals surface area contributed by atoms with Gasteiger partial charge < -0.3 is 5.32 Å². The first kappa shape index (κ1) is 8.80. The summed E-state index contributed by atoms with van der Waals surface area (Å²) >= 11 is 0. The van der Waals surface area contributed by atoms with Crippen LogP contribution in [0.4, 0.5) is 13.2 Å². The molecule has 0 saturated carbocycles. The molecule has 1 heterocycles. The second kappa shape index (κ2) is 3.40. The van der Waals surface area contributed by atoms with Crippen LogP contribution < -0.4 is 10.6 Å². The molecule has 1 rings (SSSR count). The van der Waals surface area contributed by atoms with Gasteiger partial charge in [0.1, 0.15) is 0 Å².